The van der Waals surface area contributed by atoms with Crippen molar-refractivity contribution in [2.24, 2.45) is 0 Å². The Labute approximate surface area is 128 Å². The van der Waals surface area contributed by atoms with E-state index < -0.39 is 0 Å². The van der Waals surface area contributed by atoms with Gasteiger partial charge in [-0.3, -0.25) is 10.1 Å². The van der Waals surface area contributed by atoms with Gasteiger partial charge in [-0.1, -0.05) is 12.1 Å². The molecule has 1 aliphatic rings. The topological polar surface area (TPSA) is 66.9 Å². The van der Waals surface area contributed by atoms with Crippen molar-refractivity contribution in [3.63, 3.8) is 0 Å². The number of fused-ring (bicyclic) bond motifs is 1. The average Bonchev–Trinajstić information content (AvgIpc) is 3.05. The van der Waals surface area contributed by atoms with Gasteiger partial charge in [0.25, 0.3) is 0 Å². The zero-order valence-electron chi connectivity index (χ0n) is 12.4. The third-order valence-corrected chi connectivity index (χ3v) is 4.00. The third-order valence-electron chi connectivity index (χ3n) is 4.00. The molecule has 3 heterocycles. The smallest absolute Gasteiger partial charge is 0.245 e. The maximum Gasteiger partial charge on any atom is 0.245 e. The number of nitrogens with zero attached hydrogens (tertiary/aromatic N) is 4. The van der Waals surface area contributed by atoms with Crippen molar-refractivity contribution >= 4 is 16.9 Å². The van der Waals surface area contributed by atoms with E-state index in [-0.39, 0.29) is 0 Å². The zero-order valence-corrected chi connectivity index (χ0v) is 12.4. The molecule has 1 saturated heterocycles. The van der Waals surface area contributed by atoms with Crippen LogP contribution in [0.3, 0.4) is 0 Å². The molecule has 1 aromatic carbocycles. The molecule has 0 amide bonds. The number of pyridine rings is 1. The number of aryl methyl sites for hydroxylation is 1. The van der Waals surface area contributed by atoms with E-state index in [2.05, 4.69) is 39.1 Å². The minimum atomic E-state index is 0.723. The lowest BCUT2D eigenvalue weighted by atomic mass is 10.0. The Kier molecular flexibility index (Phi) is 3.23. The molecule has 4 rings (SSSR count). The highest BCUT2D eigenvalue weighted by Crippen LogP contribution is 2.29. The summed E-state index contributed by atoms with van der Waals surface area (Å²) in [6, 6.07) is 8.13. The number of ether oxygens (including phenoxy) is 1. The predicted octanol–water partition coefficient (Wildman–Crippen LogP) is 2.16. The van der Waals surface area contributed by atoms with Gasteiger partial charge in [-0.2, -0.15) is 4.98 Å². The fourth-order valence-corrected chi connectivity index (χ4v) is 2.85. The quantitative estimate of drug-likeness (QED) is 0.785. The lowest BCUT2D eigenvalue weighted by Gasteiger charge is -2.25. The zero-order chi connectivity index (χ0) is 14.9. The number of aromatic amines is 1. The molecule has 0 spiro atoms. The van der Waals surface area contributed by atoms with Crippen molar-refractivity contribution in [2.75, 3.05) is 31.2 Å². The summed E-state index contributed by atoms with van der Waals surface area (Å²) in [4.78, 5) is 11.2. The van der Waals surface area contributed by atoms with Crippen molar-refractivity contribution in [3.05, 3.63) is 36.0 Å². The Balaban J connectivity index is 1.79. The molecule has 112 valence electrons. The molecule has 0 aliphatic carbocycles. The van der Waals surface area contributed by atoms with Crippen LogP contribution in [-0.4, -0.2) is 46.5 Å². The number of hydrogen-bond acceptors (Lipinski definition) is 5. The van der Waals surface area contributed by atoms with Gasteiger partial charge in [0, 0.05) is 30.2 Å². The lowest BCUT2D eigenvalue weighted by Crippen LogP contribution is -2.36. The minimum Gasteiger partial charge on any atom is -0.378 e. The van der Waals surface area contributed by atoms with Crippen LogP contribution in [0.1, 0.15) is 5.56 Å². The van der Waals surface area contributed by atoms with Crippen molar-refractivity contribution in [2.45, 2.75) is 6.92 Å². The van der Waals surface area contributed by atoms with Crippen LogP contribution < -0.4 is 4.90 Å². The van der Waals surface area contributed by atoms with Gasteiger partial charge in [0.2, 0.25) is 5.95 Å². The second kappa shape index (κ2) is 5.38. The summed E-state index contributed by atoms with van der Waals surface area (Å²) < 4.78 is 5.37. The summed E-state index contributed by atoms with van der Waals surface area (Å²) in [7, 11) is 0. The molecular weight excluding hydrogens is 278 g/mol. The van der Waals surface area contributed by atoms with Crippen LogP contribution in [0.5, 0.6) is 0 Å². The number of morpholine rings is 1. The molecule has 6 nitrogen and oxygen atoms in total. The van der Waals surface area contributed by atoms with Gasteiger partial charge in [-0.25, -0.2) is 0 Å². The number of H-pyrrole nitrogens is 1. The maximum atomic E-state index is 5.37. The van der Waals surface area contributed by atoms with Gasteiger partial charge < -0.3 is 9.64 Å². The van der Waals surface area contributed by atoms with E-state index in [1.165, 1.54) is 0 Å². The molecule has 1 N–H and O–H groups in total. The Bertz CT molecular complexity index is 807. The number of benzene rings is 1. The summed E-state index contributed by atoms with van der Waals surface area (Å²) in [6.07, 6.45) is 1.81. The van der Waals surface area contributed by atoms with E-state index >= 15 is 0 Å². The van der Waals surface area contributed by atoms with Gasteiger partial charge in [0.15, 0.2) is 5.82 Å². The molecule has 3 aromatic rings. The normalized spacial score (nSPS) is 15.4. The Morgan fingerprint density at radius 2 is 2.05 bits per heavy atom. The second-order valence-electron chi connectivity index (χ2n) is 5.41. The molecule has 0 bridgehead atoms. The third kappa shape index (κ3) is 2.21. The molecule has 6 heteroatoms. The van der Waals surface area contributed by atoms with E-state index in [1.54, 1.807) is 6.20 Å². The molecular formula is C16H17N5O. The minimum absolute atomic E-state index is 0.723. The van der Waals surface area contributed by atoms with E-state index in [0.29, 0.717) is 0 Å². The first-order chi connectivity index (χ1) is 10.8. The summed E-state index contributed by atoms with van der Waals surface area (Å²) in [5.41, 5.74) is 3.19. The maximum absolute atomic E-state index is 5.37. The number of anilines is 1. The van der Waals surface area contributed by atoms with Crippen LogP contribution in [-0.2, 0) is 4.74 Å². The van der Waals surface area contributed by atoms with E-state index in [9.17, 15) is 0 Å². The van der Waals surface area contributed by atoms with Crippen molar-refractivity contribution in [1.29, 1.82) is 0 Å². The summed E-state index contributed by atoms with van der Waals surface area (Å²) >= 11 is 0. The fraction of sp³-hybridized carbons (Fsp3) is 0.312. The fourth-order valence-electron chi connectivity index (χ4n) is 2.85. The van der Waals surface area contributed by atoms with Crippen LogP contribution >= 0.6 is 0 Å². The predicted molar refractivity (Wildman–Crippen MR) is 84.9 cm³/mol. The standard InChI is InChI=1S/C16H17N5O/c1-11-4-5-13-12(3-2-6-17-13)14(11)15-18-16(20-19-15)21-7-9-22-10-8-21/h2-6H,7-10H2,1H3,(H,18,19,20). The number of aromatic nitrogens is 4. The molecule has 1 fully saturated rings. The molecule has 0 unspecified atom stereocenters. The molecule has 2 aromatic heterocycles. The first kappa shape index (κ1) is 13.2. The SMILES string of the molecule is Cc1ccc2ncccc2c1-c1nc(N2CCOCC2)n[nH]1. The van der Waals surface area contributed by atoms with Gasteiger partial charge in [0.1, 0.15) is 0 Å². The molecule has 0 saturated carbocycles. The van der Waals surface area contributed by atoms with Crippen LogP contribution in [0, 0.1) is 6.92 Å². The number of hydrogen-bond donors (Lipinski definition) is 1. The van der Waals surface area contributed by atoms with Crippen LogP contribution in [0.4, 0.5) is 5.95 Å². The second-order valence-corrected chi connectivity index (χ2v) is 5.41. The monoisotopic (exact) mass is 295 g/mol. The molecule has 22 heavy (non-hydrogen) atoms. The first-order valence-corrected chi connectivity index (χ1v) is 7.43. The first-order valence-electron chi connectivity index (χ1n) is 7.43. The van der Waals surface area contributed by atoms with Gasteiger partial charge in [0.05, 0.1) is 18.7 Å². The van der Waals surface area contributed by atoms with Crippen molar-refractivity contribution in [3.8, 4) is 11.4 Å². The Morgan fingerprint density at radius 3 is 2.91 bits per heavy atom. The number of nitrogens with one attached hydrogen (secondary N) is 1. The summed E-state index contributed by atoms with van der Waals surface area (Å²) in [5, 5.41) is 8.55. The van der Waals surface area contributed by atoms with Crippen LogP contribution in [0.2, 0.25) is 0 Å². The summed E-state index contributed by atoms with van der Waals surface area (Å²) in [5.74, 6) is 1.52. The molecule has 0 atom stereocenters. The van der Waals surface area contributed by atoms with E-state index in [4.69, 9.17) is 9.72 Å². The highest BCUT2D eigenvalue weighted by Gasteiger charge is 2.18. The van der Waals surface area contributed by atoms with Gasteiger partial charge in [-0.15, -0.1) is 5.10 Å². The van der Waals surface area contributed by atoms with Crippen molar-refractivity contribution in [1.82, 2.24) is 20.2 Å². The Morgan fingerprint density at radius 1 is 1.18 bits per heavy atom. The Hall–Kier alpha value is -2.47. The largest absolute Gasteiger partial charge is 0.378 e. The molecule has 1 aliphatic heterocycles. The summed E-state index contributed by atoms with van der Waals surface area (Å²) in [6.45, 7) is 5.18. The van der Waals surface area contributed by atoms with Crippen molar-refractivity contribution < 1.29 is 4.74 Å². The van der Waals surface area contributed by atoms with Crippen LogP contribution in [0.25, 0.3) is 22.3 Å². The van der Waals surface area contributed by atoms with Crippen LogP contribution in [0.15, 0.2) is 30.5 Å². The lowest BCUT2D eigenvalue weighted by molar-refractivity contribution is 0.122. The highest BCUT2D eigenvalue weighted by molar-refractivity contribution is 5.94. The van der Waals surface area contributed by atoms with Gasteiger partial charge in [-0.05, 0) is 24.6 Å². The van der Waals surface area contributed by atoms with E-state index in [0.717, 1.165) is 60.1 Å². The highest BCUT2D eigenvalue weighted by atomic mass is 16.5. The number of rotatable bonds is 2. The average molecular weight is 295 g/mol. The van der Waals surface area contributed by atoms with Gasteiger partial charge >= 0.3 is 0 Å². The molecule has 0 radical (unpaired) electrons. The van der Waals surface area contributed by atoms with E-state index in [1.807, 2.05) is 12.1 Å².